The molecule has 0 fully saturated rings. The maximum absolute atomic E-state index is 10.6. The van der Waals surface area contributed by atoms with Crippen LogP contribution in [0, 0.1) is 0 Å². The zero-order valence-corrected chi connectivity index (χ0v) is 14.8. The highest BCUT2D eigenvalue weighted by Crippen LogP contribution is 2.35. The van der Waals surface area contributed by atoms with Gasteiger partial charge < -0.3 is 9.79 Å². The van der Waals surface area contributed by atoms with Gasteiger partial charge in [-0.25, -0.2) is 0 Å². The van der Waals surface area contributed by atoms with Gasteiger partial charge in [-0.05, 0) is 24.3 Å². The van der Waals surface area contributed by atoms with Gasteiger partial charge in [0.25, 0.3) is 0 Å². The Hall–Kier alpha value is 0.500. The molecule has 0 aliphatic rings. The Bertz CT molecular complexity index is 243. The molecule has 0 aromatic heterocycles. The van der Waals surface area contributed by atoms with E-state index in [-0.39, 0.29) is 6.16 Å². The van der Waals surface area contributed by atoms with Crippen LogP contribution in [0.2, 0.25) is 0 Å². The van der Waals surface area contributed by atoms with E-state index < -0.39 is 7.60 Å². The van der Waals surface area contributed by atoms with Crippen LogP contribution in [0.5, 0.6) is 0 Å². The summed E-state index contributed by atoms with van der Waals surface area (Å²) in [6, 6.07) is 0. The lowest BCUT2D eigenvalue weighted by Gasteiger charge is -2.04. The van der Waals surface area contributed by atoms with Crippen molar-refractivity contribution in [2.75, 3.05) is 17.7 Å². The second-order valence-electron chi connectivity index (χ2n) is 5.54. The smallest absolute Gasteiger partial charge is 0.324 e. The van der Waals surface area contributed by atoms with Gasteiger partial charge in [-0.1, -0.05) is 64.7 Å². The van der Waals surface area contributed by atoms with Crippen LogP contribution in [0.3, 0.4) is 0 Å². The molecule has 0 bridgehead atoms. The minimum absolute atomic E-state index is 0.0397. The van der Waals surface area contributed by atoms with E-state index in [9.17, 15) is 4.57 Å². The molecule has 0 heterocycles. The van der Waals surface area contributed by atoms with Gasteiger partial charge in [0.2, 0.25) is 0 Å². The summed E-state index contributed by atoms with van der Waals surface area (Å²) in [7, 11) is -3.76. The van der Waals surface area contributed by atoms with Crippen molar-refractivity contribution in [3.05, 3.63) is 0 Å². The van der Waals surface area contributed by atoms with Gasteiger partial charge in [0.1, 0.15) is 0 Å². The lowest BCUT2D eigenvalue weighted by Crippen LogP contribution is -1.91. The van der Waals surface area contributed by atoms with E-state index in [1.807, 2.05) is 11.8 Å². The Labute approximate surface area is 129 Å². The van der Waals surface area contributed by atoms with Crippen molar-refractivity contribution < 1.29 is 14.4 Å². The van der Waals surface area contributed by atoms with Crippen LogP contribution in [0.4, 0.5) is 0 Å². The summed E-state index contributed by atoms with van der Waals surface area (Å²) in [4.78, 5) is 17.4. The fourth-order valence-electron chi connectivity index (χ4n) is 2.17. The highest BCUT2D eigenvalue weighted by Gasteiger charge is 2.10. The Kier molecular flexibility index (Phi) is 14.8. The van der Waals surface area contributed by atoms with Gasteiger partial charge in [0.05, 0.1) is 6.16 Å². The topological polar surface area (TPSA) is 57.5 Å². The monoisotopic (exact) mass is 324 g/mol. The maximum atomic E-state index is 10.6. The molecule has 122 valence electrons. The molecule has 0 aromatic carbocycles. The Morgan fingerprint density at radius 1 is 0.750 bits per heavy atom. The largest absolute Gasteiger partial charge is 0.325 e. The van der Waals surface area contributed by atoms with Crippen molar-refractivity contribution >= 4 is 19.4 Å². The highest BCUT2D eigenvalue weighted by molar-refractivity contribution is 7.99. The van der Waals surface area contributed by atoms with Crippen molar-refractivity contribution in [1.82, 2.24) is 0 Å². The van der Waals surface area contributed by atoms with E-state index in [1.165, 1.54) is 64.2 Å². The zero-order chi connectivity index (χ0) is 15.1. The predicted octanol–water partition coefficient (Wildman–Crippen LogP) is 5.21. The number of rotatable bonds is 15. The first-order valence-electron chi connectivity index (χ1n) is 8.18. The molecule has 0 radical (unpaired) electrons. The van der Waals surface area contributed by atoms with Crippen molar-refractivity contribution in [3.63, 3.8) is 0 Å². The van der Waals surface area contributed by atoms with Crippen LogP contribution in [-0.2, 0) is 4.57 Å². The zero-order valence-electron chi connectivity index (χ0n) is 13.1. The van der Waals surface area contributed by atoms with Crippen LogP contribution in [0.1, 0.15) is 77.6 Å². The van der Waals surface area contributed by atoms with E-state index in [1.54, 1.807) is 0 Å². The molecule has 0 saturated heterocycles. The molecule has 0 amide bonds. The number of unbranched alkanes of at least 4 members (excludes halogenated alkanes) is 9. The van der Waals surface area contributed by atoms with Gasteiger partial charge >= 0.3 is 7.60 Å². The van der Waals surface area contributed by atoms with Crippen LogP contribution in [0.25, 0.3) is 0 Å². The van der Waals surface area contributed by atoms with Crippen LogP contribution < -0.4 is 0 Å². The number of thioether (sulfide) groups is 1. The summed E-state index contributed by atoms with van der Waals surface area (Å²) in [5, 5.41) is 0. The fraction of sp³-hybridized carbons (Fsp3) is 1.00. The number of hydrogen-bond donors (Lipinski definition) is 2. The minimum atomic E-state index is -3.76. The molecule has 0 unspecified atom stereocenters. The predicted molar refractivity (Wildman–Crippen MR) is 90.7 cm³/mol. The van der Waals surface area contributed by atoms with Crippen molar-refractivity contribution in [2.45, 2.75) is 77.6 Å². The average molecular weight is 324 g/mol. The van der Waals surface area contributed by atoms with Crippen molar-refractivity contribution in [3.8, 4) is 0 Å². The normalized spacial score (nSPS) is 11.9. The second kappa shape index (κ2) is 14.4. The van der Waals surface area contributed by atoms with Gasteiger partial charge in [-0.15, -0.1) is 0 Å². The van der Waals surface area contributed by atoms with Crippen LogP contribution >= 0.6 is 19.4 Å². The van der Waals surface area contributed by atoms with Gasteiger partial charge in [-0.2, -0.15) is 11.8 Å². The lowest BCUT2D eigenvalue weighted by atomic mass is 10.1. The van der Waals surface area contributed by atoms with Crippen molar-refractivity contribution in [1.29, 1.82) is 0 Å². The summed E-state index contributed by atoms with van der Waals surface area (Å²) < 4.78 is 10.6. The van der Waals surface area contributed by atoms with E-state index in [4.69, 9.17) is 9.79 Å². The third-order valence-corrected chi connectivity index (χ3v) is 5.43. The summed E-state index contributed by atoms with van der Waals surface area (Å²) >= 11 is 1.83. The van der Waals surface area contributed by atoms with Gasteiger partial charge in [0, 0.05) is 0 Å². The second-order valence-corrected chi connectivity index (χ2v) is 8.54. The summed E-state index contributed by atoms with van der Waals surface area (Å²) in [5.41, 5.74) is 0. The molecule has 0 spiro atoms. The molecular weight excluding hydrogens is 291 g/mol. The first kappa shape index (κ1) is 20.5. The summed E-state index contributed by atoms with van der Waals surface area (Å²) in [6.45, 7) is 2.25. The lowest BCUT2D eigenvalue weighted by molar-refractivity contribution is 0.372. The van der Waals surface area contributed by atoms with Gasteiger partial charge in [0.15, 0.2) is 0 Å². The van der Waals surface area contributed by atoms with E-state index in [0.29, 0.717) is 6.42 Å². The Balaban J connectivity index is 3.01. The molecule has 3 nitrogen and oxygen atoms in total. The molecule has 0 saturated carbocycles. The molecule has 5 heteroatoms. The maximum Gasteiger partial charge on any atom is 0.325 e. The Morgan fingerprint density at radius 2 is 1.20 bits per heavy atom. The molecule has 0 aromatic rings. The highest BCUT2D eigenvalue weighted by atomic mass is 32.2. The number of hydrogen-bond acceptors (Lipinski definition) is 2. The molecule has 0 aliphatic carbocycles. The van der Waals surface area contributed by atoms with E-state index in [0.717, 1.165) is 11.5 Å². The molecule has 0 aliphatic heterocycles. The third kappa shape index (κ3) is 18.5. The molecule has 2 N–H and O–H groups in total. The van der Waals surface area contributed by atoms with Gasteiger partial charge in [-0.3, -0.25) is 4.57 Å². The first-order valence-corrected chi connectivity index (χ1v) is 11.1. The average Bonchev–Trinajstić information content (AvgIpc) is 2.38. The third-order valence-electron chi connectivity index (χ3n) is 3.38. The molecule has 0 rings (SSSR count). The van der Waals surface area contributed by atoms with E-state index >= 15 is 0 Å². The molecular formula is C15H33O3PS. The fourth-order valence-corrected chi connectivity index (χ4v) is 3.91. The first-order chi connectivity index (χ1) is 9.56. The Morgan fingerprint density at radius 3 is 1.70 bits per heavy atom. The minimum Gasteiger partial charge on any atom is -0.324 e. The SMILES string of the molecule is CCCCCCCCCCCCSCCCP(=O)(O)O. The van der Waals surface area contributed by atoms with E-state index in [2.05, 4.69) is 6.92 Å². The van der Waals surface area contributed by atoms with Crippen molar-refractivity contribution in [2.24, 2.45) is 0 Å². The molecule has 20 heavy (non-hydrogen) atoms. The quantitative estimate of drug-likeness (QED) is 0.321. The van der Waals surface area contributed by atoms with Crippen LogP contribution in [0.15, 0.2) is 0 Å². The molecule has 0 atom stereocenters. The van der Waals surface area contributed by atoms with Crippen LogP contribution in [-0.4, -0.2) is 27.5 Å². The summed E-state index contributed by atoms with van der Waals surface area (Å²) in [6.07, 6.45) is 14.2. The summed E-state index contributed by atoms with van der Waals surface area (Å²) in [5.74, 6) is 2.01. The standard InChI is InChI=1S/C15H33O3PS/c1-2-3-4-5-6-7-8-9-10-11-14-20-15-12-13-19(16,17)18/h2-15H2,1H3,(H2,16,17,18).